The SMILES string of the molecule is O=C(O)C1CN(C(=O)c2n[nH]c(C3CC3)c2Br)Cc2ccccc21. The maximum absolute atomic E-state index is 12.9. The van der Waals surface area contributed by atoms with E-state index in [1.54, 1.807) is 4.90 Å². The highest BCUT2D eigenvalue weighted by Crippen LogP contribution is 2.43. The van der Waals surface area contributed by atoms with E-state index in [0.717, 1.165) is 29.7 Å². The zero-order valence-electron chi connectivity index (χ0n) is 12.8. The van der Waals surface area contributed by atoms with Gasteiger partial charge in [0.1, 0.15) is 0 Å². The minimum absolute atomic E-state index is 0.156. The van der Waals surface area contributed by atoms with E-state index >= 15 is 0 Å². The van der Waals surface area contributed by atoms with Crippen LogP contribution in [0.1, 0.15) is 52.0 Å². The van der Waals surface area contributed by atoms with Crippen molar-refractivity contribution in [3.63, 3.8) is 0 Å². The van der Waals surface area contributed by atoms with E-state index in [4.69, 9.17) is 0 Å². The second-order valence-corrected chi connectivity index (χ2v) is 7.14. The van der Waals surface area contributed by atoms with E-state index in [-0.39, 0.29) is 12.5 Å². The number of rotatable bonds is 3. The van der Waals surface area contributed by atoms with E-state index < -0.39 is 11.9 Å². The molecule has 1 fully saturated rings. The summed E-state index contributed by atoms with van der Waals surface area (Å²) < 4.78 is 0.709. The fraction of sp³-hybridized carbons (Fsp3) is 0.353. The van der Waals surface area contributed by atoms with Gasteiger partial charge in [0.05, 0.1) is 16.1 Å². The second kappa shape index (κ2) is 5.73. The van der Waals surface area contributed by atoms with E-state index in [1.165, 1.54) is 0 Å². The molecule has 1 aromatic carbocycles. The Hall–Kier alpha value is -2.15. The summed E-state index contributed by atoms with van der Waals surface area (Å²) in [6.45, 7) is 0.556. The number of hydrogen-bond donors (Lipinski definition) is 2. The summed E-state index contributed by atoms with van der Waals surface area (Å²) >= 11 is 3.48. The van der Waals surface area contributed by atoms with Gasteiger partial charge in [0.15, 0.2) is 5.69 Å². The number of carbonyl (C=O) groups is 2. The zero-order chi connectivity index (χ0) is 16.8. The summed E-state index contributed by atoms with van der Waals surface area (Å²) in [6, 6.07) is 7.39. The third-order valence-electron chi connectivity index (χ3n) is 4.70. The van der Waals surface area contributed by atoms with Crippen molar-refractivity contribution in [2.24, 2.45) is 0 Å². The Morgan fingerprint density at radius 2 is 2.04 bits per heavy atom. The van der Waals surface area contributed by atoms with E-state index in [1.807, 2.05) is 24.3 Å². The first-order valence-electron chi connectivity index (χ1n) is 7.90. The van der Waals surface area contributed by atoms with Crippen LogP contribution in [0.5, 0.6) is 0 Å². The predicted octanol–water partition coefficient (Wildman–Crippen LogP) is 2.87. The van der Waals surface area contributed by atoms with Gasteiger partial charge in [-0.15, -0.1) is 0 Å². The van der Waals surface area contributed by atoms with Crippen LogP contribution in [0.4, 0.5) is 0 Å². The number of aromatic amines is 1. The normalized spacial score (nSPS) is 19.9. The first-order chi connectivity index (χ1) is 11.6. The Morgan fingerprint density at radius 3 is 2.75 bits per heavy atom. The number of aromatic nitrogens is 2. The lowest BCUT2D eigenvalue weighted by Crippen LogP contribution is -2.40. The molecule has 1 atom stereocenters. The van der Waals surface area contributed by atoms with Crippen LogP contribution in [0, 0.1) is 0 Å². The van der Waals surface area contributed by atoms with Gasteiger partial charge in [-0.05, 0) is 39.9 Å². The van der Waals surface area contributed by atoms with Crippen LogP contribution >= 0.6 is 15.9 Å². The minimum atomic E-state index is -0.917. The molecule has 4 rings (SSSR count). The van der Waals surface area contributed by atoms with Gasteiger partial charge < -0.3 is 10.0 Å². The van der Waals surface area contributed by atoms with Crippen LogP contribution in [0.2, 0.25) is 0 Å². The molecule has 1 saturated carbocycles. The van der Waals surface area contributed by atoms with Gasteiger partial charge in [-0.1, -0.05) is 24.3 Å². The zero-order valence-corrected chi connectivity index (χ0v) is 14.4. The third kappa shape index (κ3) is 2.53. The smallest absolute Gasteiger partial charge is 0.312 e. The quantitative estimate of drug-likeness (QED) is 0.844. The van der Waals surface area contributed by atoms with Crippen molar-refractivity contribution in [1.82, 2.24) is 15.1 Å². The van der Waals surface area contributed by atoms with Gasteiger partial charge >= 0.3 is 5.97 Å². The van der Waals surface area contributed by atoms with Gasteiger partial charge in [0.2, 0.25) is 0 Å². The van der Waals surface area contributed by atoms with Gasteiger partial charge in [0.25, 0.3) is 5.91 Å². The molecule has 124 valence electrons. The lowest BCUT2D eigenvalue weighted by Gasteiger charge is -2.32. The fourth-order valence-corrected chi connectivity index (χ4v) is 3.92. The van der Waals surface area contributed by atoms with Gasteiger partial charge in [-0.2, -0.15) is 5.10 Å². The molecule has 2 heterocycles. The second-order valence-electron chi connectivity index (χ2n) is 6.35. The molecular formula is C17H16BrN3O3. The highest BCUT2D eigenvalue weighted by Gasteiger charge is 2.36. The summed E-state index contributed by atoms with van der Waals surface area (Å²) in [6.07, 6.45) is 2.21. The number of benzene rings is 1. The topological polar surface area (TPSA) is 86.3 Å². The molecule has 6 nitrogen and oxygen atoms in total. The molecule has 24 heavy (non-hydrogen) atoms. The highest BCUT2D eigenvalue weighted by molar-refractivity contribution is 9.10. The number of nitrogens with zero attached hydrogens (tertiary/aromatic N) is 2. The summed E-state index contributed by atoms with van der Waals surface area (Å²) in [5.74, 6) is -1.42. The standard InChI is InChI=1S/C17H16BrN3O3/c18-13-14(9-5-6-9)19-20-15(13)16(22)21-7-10-3-1-2-4-11(10)12(8-21)17(23)24/h1-4,9,12H,5-8H2,(H,19,20)(H,23,24). The van der Waals surface area contributed by atoms with Crippen LogP contribution in [-0.2, 0) is 11.3 Å². The summed E-state index contributed by atoms with van der Waals surface area (Å²) in [4.78, 5) is 26.1. The minimum Gasteiger partial charge on any atom is -0.481 e. The van der Waals surface area contributed by atoms with Crippen LogP contribution in [0.25, 0.3) is 0 Å². The number of nitrogens with one attached hydrogen (secondary N) is 1. The number of carboxylic acids is 1. The van der Waals surface area contributed by atoms with E-state index in [0.29, 0.717) is 22.6 Å². The molecule has 2 aliphatic rings. The Balaban J connectivity index is 1.65. The molecule has 1 aromatic heterocycles. The monoisotopic (exact) mass is 389 g/mol. The molecule has 0 radical (unpaired) electrons. The summed E-state index contributed by atoms with van der Waals surface area (Å²) in [5.41, 5.74) is 2.96. The van der Waals surface area contributed by atoms with E-state index in [2.05, 4.69) is 26.1 Å². The average molecular weight is 390 g/mol. The number of amides is 1. The van der Waals surface area contributed by atoms with Crippen LogP contribution in [0.3, 0.4) is 0 Å². The number of aliphatic carboxylic acids is 1. The molecule has 0 saturated heterocycles. The molecule has 7 heteroatoms. The maximum Gasteiger partial charge on any atom is 0.312 e. The van der Waals surface area contributed by atoms with Crippen molar-refractivity contribution < 1.29 is 14.7 Å². The molecule has 2 aromatic rings. The lowest BCUT2D eigenvalue weighted by atomic mass is 9.89. The number of fused-ring (bicyclic) bond motifs is 1. The van der Waals surface area contributed by atoms with Crippen LogP contribution < -0.4 is 0 Å². The van der Waals surface area contributed by atoms with Gasteiger partial charge in [-0.25, -0.2) is 0 Å². The Kier molecular flexibility index (Phi) is 3.68. The van der Waals surface area contributed by atoms with Crippen molar-refractivity contribution >= 4 is 27.8 Å². The molecule has 2 N–H and O–H groups in total. The van der Waals surface area contributed by atoms with Crippen molar-refractivity contribution in [3.05, 3.63) is 51.3 Å². The predicted molar refractivity (Wildman–Crippen MR) is 89.8 cm³/mol. The van der Waals surface area contributed by atoms with Crippen molar-refractivity contribution in [3.8, 4) is 0 Å². The Bertz CT molecular complexity index is 828. The Morgan fingerprint density at radius 1 is 1.29 bits per heavy atom. The molecule has 0 bridgehead atoms. The average Bonchev–Trinajstić information content (AvgIpc) is 3.35. The highest BCUT2D eigenvalue weighted by atomic mass is 79.9. The largest absolute Gasteiger partial charge is 0.481 e. The molecule has 1 aliphatic carbocycles. The van der Waals surface area contributed by atoms with Crippen molar-refractivity contribution in [1.29, 1.82) is 0 Å². The van der Waals surface area contributed by atoms with Gasteiger partial charge in [-0.3, -0.25) is 14.7 Å². The first kappa shape index (κ1) is 15.4. The van der Waals surface area contributed by atoms with Gasteiger partial charge in [0, 0.05) is 19.0 Å². The molecule has 1 aliphatic heterocycles. The third-order valence-corrected chi connectivity index (χ3v) is 5.50. The summed E-state index contributed by atoms with van der Waals surface area (Å²) in [7, 11) is 0. The number of halogens is 1. The Labute approximate surface area is 147 Å². The summed E-state index contributed by atoms with van der Waals surface area (Å²) in [5, 5.41) is 16.6. The lowest BCUT2D eigenvalue weighted by molar-refractivity contribution is -0.139. The van der Waals surface area contributed by atoms with Crippen LogP contribution in [0.15, 0.2) is 28.7 Å². The number of carbonyl (C=O) groups excluding carboxylic acids is 1. The van der Waals surface area contributed by atoms with Crippen molar-refractivity contribution in [2.45, 2.75) is 31.2 Å². The molecule has 1 unspecified atom stereocenters. The molecule has 0 spiro atoms. The number of carboxylic acid groups (broad SMARTS) is 1. The fourth-order valence-electron chi connectivity index (χ4n) is 3.25. The molecular weight excluding hydrogens is 374 g/mol. The molecule has 1 amide bonds. The number of hydrogen-bond acceptors (Lipinski definition) is 3. The van der Waals surface area contributed by atoms with E-state index in [9.17, 15) is 14.7 Å². The first-order valence-corrected chi connectivity index (χ1v) is 8.69. The van der Waals surface area contributed by atoms with Crippen molar-refractivity contribution in [2.75, 3.05) is 6.54 Å². The maximum atomic E-state index is 12.9. The van der Waals surface area contributed by atoms with Crippen LogP contribution in [-0.4, -0.2) is 38.6 Å². The number of H-pyrrole nitrogens is 1.